The van der Waals surface area contributed by atoms with Crippen LogP contribution in [0.5, 0.6) is 0 Å². The molecule has 56 valence electrons. The van der Waals surface area contributed by atoms with E-state index in [0.717, 1.165) is 0 Å². The second-order valence-electron chi connectivity index (χ2n) is 2.69. The van der Waals surface area contributed by atoms with Gasteiger partial charge in [-0.15, -0.1) is 0 Å². The predicted octanol–water partition coefficient (Wildman–Crippen LogP) is 1.22. The largest absolute Gasteiger partial charge is 0.283 e. The van der Waals surface area contributed by atoms with Gasteiger partial charge in [-0.1, -0.05) is 0 Å². The van der Waals surface area contributed by atoms with E-state index in [4.69, 9.17) is 0 Å². The van der Waals surface area contributed by atoms with Crippen molar-refractivity contribution in [1.82, 2.24) is 9.80 Å². The van der Waals surface area contributed by atoms with Gasteiger partial charge in [0.2, 0.25) is 0 Å². The van der Waals surface area contributed by atoms with Crippen LogP contribution < -0.4 is 0 Å². The molecule has 0 saturated heterocycles. The van der Waals surface area contributed by atoms with E-state index >= 15 is 0 Å². The highest BCUT2D eigenvalue weighted by molar-refractivity contribution is 14.1. The van der Waals surface area contributed by atoms with E-state index in [1.807, 2.05) is 0 Å². The van der Waals surface area contributed by atoms with Crippen molar-refractivity contribution in [1.29, 1.82) is 0 Å². The Balaban J connectivity index is 4.01. The molecular weight excluding hydrogens is 227 g/mol. The van der Waals surface area contributed by atoms with Gasteiger partial charge < -0.3 is 0 Å². The lowest BCUT2D eigenvalue weighted by molar-refractivity contribution is 0.130. The molecule has 0 amide bonds. The van der Waals surface area contributed by atoms with Gasteiger partial charge in [-0.3, -0.25) is 9.80 Å². The lowest BCUT2D eigenvalue weighted by atomic mass is 10.5. The Labute approximate surface area is 71.3 Å². The topological polar surface area (TPSA) is 6.48 Å². The van der Waals surface area contributed by atoms with Crippen molar-refractivity contribution in [2.45, 2.75) is 10.6 Å². The van der Waals surface area contributed by atoms with E-state index in [2.05, 4.69) is 67.5 Å². The fourth-order valence-electron chi connectivity index (χ4n) is 0.400. The number of alkyl halides is 1. The van der Waals surface area contributed by atoms with Crippen molar-refractivity contribution >= 4 is 22.6 Å². The molecule has 0 fully saturated rings. The maximum absolute atomic E-state index is 2.41. The molecule has 0 N–H and O–H groups in total. The van der Waals surface area contributed by atoms with Crippen LogP contribution in [0.2, 0.25) is 0 Å². The number of halogens is 1. The Morgan fingerprint density at radius 3 is 1.22 bits per heavy atom. The summed E-state index contributed by atoms with van der Waals surface area (Å²) >= 11 is 2.41. The first-order chi connectivity index (χ1) is 3.89. The minimum atomic E-state index is 0.137. The summed E-state index contributed by atoms with van der Waals surface area (Å²) in [6.07, 6.45) is 0. The van der Waals surface area contributed by atoms with Crippen LogP contribution in [0.1, 0.15) is 6.92 Å². The molecule has 0 heterocycles. The van der Waals surface area contributed by atoms with Gasteiger partial charge in [0, 0.05) is 0 Å². The minimum Gasteiger partial charge on any atom is -0.283 e. The number of nitrogens with zero attached hydrogens (tertiary/aromatic N) is 2. The molecule has 0 aromatic carbocycles. The first-order valence-electron chi connectivity index (χ1n) is 2.93. The zero-order chi connectivity index (χ0) is 7.65. The summed E-state index contributed by atoms with van der Waals surface area (Å²) in [7, 11) is 8.30. The highest BCUT2D eigenvalue weighted by atomic mass is 127. The van der Waals surface area contributed by atoms with Gasteiger partial charge in [0.25, 0.3) is 0 Å². The van der Waals surface area contributed by atoms with Crippen molar-refractivity contribution in [2.24, 2.45) is 0 Å². The standard InChI is InChI=1S/C6H15IN2/c1-6(7,8(2)3)9(4)5/h1-5H3. The van der Waals surface area contributed by atoms with Gasteiger partial charge in [-0.05, 0) is 57.7 Å². The van der Waals surface area contributed by atoms with E-state index in [0.29, 0.717) is 0 Å². The Kier molecular flexibility index (Phi) is 3.39. The number of rotatable bonds is 2. The van der Waals surface area contributed by atoms with E-state index in [1.54, 1.807) is 0 Å². The third kappa shape index (κ3) is 2.39. The van der Waals surface area contributed by atoms with Gasteiger partial charge in [-0.25, -0.2) is 0 Å². The summed E-state index contributed by atoms with van der Waals surface area (Å²) in [6, 6.07) is 0. The summed E-state index contributed by atoms with van der Waals surface area (Å²) in [6.45, 7) is 2.17. The zero-order valence-corrected chi connectivity index (χ0v) is 8.93. The Morgan fingerprint density at radius 2 is 1.22 bits per heavy atom. The first kappa shape index (κ1) is 9.65. The summed E-state index contributed by atoms with van der Waals surface area (Å²) in [5, 5.41) is 0. The van der Waals surface area contributed by atoms with Crippen LogP contribution in [0.3, 0.4) is 0 Å². The first-order valence-corrected chi connectivity index (χ1v) is 4.00. The van der Waals surface area contributed by atoms with Gasteiger partial charge in [0.15, 0.2) is 0 Å². The molecule has 0 aliphatic carbocycles. The highest BCUT2D eigenvalue weighted by Crippen LogP contribution is 2.21. The van der Waals surface area contributed by atoms with Crippen LogP contribution in [0.4, 0.5) is 0 Å². The van der Waals surface area contributed by atoms with Crippen molar-refractivity contribution in [3.8, 4) is 0 Å². The quantitative estimate of drug-likeness (QED) is 0.311. The Bertz CT molecular complexity index is 79.1. The molecular formula is C6H15IN2. The molecule has 2 nitrogen and oxygen atoms in total. The van der Waals surface area contributed by atoms with Gasteiger partial charge in [-0.2, -0.15) is 0 Å². The molecule has 0 aliphatic rings. The lowest BCUT2D eigenvalue weighted by Gasteiger charge is -2.36. The number of hydrogen-bond acceptors (Lipinski definition) is 2. The number of hydrogen-bond donors (Lipinski definition) is 0. The summed E-state index contributed by atoms with van der Waals surface area (Å²) in [4.78, 5) is 4.35. The normalized spacial score (nSPS) is 13.3. The molecule has 0 saturated carbocycles. The monoisotopic (exact) mass is 242 g/mol. The van der Waals surface area contributed by atoms with E-state index < -0.39 is 0 Å². The Hall–Kier alpha value is 0.650. The van der Waals surface area contributed by atoms with Crippen molar-refractivity contribution < 1.29 is 0 Å². The van der Waals surface area contributed by atoms with E-state index in [-0.39, 0.29) is 3.67 Å². The molecule has 0 aromatic rings. The van der Waals surface area contributed by atoms with Crippen LogP contribution >= 0.6 is 22.6 Å². The highest BCUT2D eigenvalue weighted by Gasteiger charge is 2.24. The fourth-order valence-corrected chi connectivity index (χ4v) is 0.400. The van der Waals surface area contributed by atoms with Crippen LogP contribution in [-0.4, -0.2) is 41.7 Å². The summed E-state index contributed by atoms with van der Waals surface area (Å²) < 4.78 is 0.137. The SMILES string of the molecule is CN(C)C(C)(I)N(C)C. The van der Waals surface area contributed by atoms with Crippen LogP contribution in [0.25, 0.3) is 0 Å². The van der Waals surface area contributed by atoms with E-state index in [9.17, 15) is 0 Å². The average molecular weight is 242 g/mol. The Morgan fingerprint density at radius 1 is 1.00 bits per heavy atom. The summed E-state index contributed by atoms with van der Waals surface area (Å²) in [5.41, 5.74) is 0. The third-order valence-electron chi connectivity index (χ3n) is 1.63. The van der Waals surface area contributed by atoms with Gasteiger partial charge in [0.1, 0.15) is 3.67 Å². The van der Waals surface area contributed by atoms with Crippen LogP contribution in [0, 0.1) is 0 Å². The average Bonchev–Trinajstić information content (AvgIpc) is 1.65. The molecule has 0 bridgehead atoms. The second kappa shape index (κ2) is 3.16. The minimum absolute atomic E-state index is 0.137. The molecule has 0 aliphatic heterocycles. The van der Waals surface area contributed by atoms with Crippen LogP contribution in [0.15, 0.2) is 0 Å². The summed E-state index contributed by atoms with van der Waals surface area (Å²) in [5.74, 6) is 0. The smallest absolute Gasteiger partial charge is 0.123 e. The molecule has 0 atom stereocenters. The van der Waals surface area contributed by atoms with E-state index in [1.165, 1.54) is 0 Å². The van der Waals surface area contributed by atoms with Crippen molar-refractivity contribution in [3.05, 3.63) is 0 Å². The lowest BCUT2D eigenvalue weighted by Crippen LogP contribution is -2.47. The van der Waals surface area contributed by atoms with Crippen molar-refractivity contribution in [2.75, 3.05) is 28.2 Å². The molecule has 0 unspecified atom stereocenters. The third-order valence-corrected chi connectivity index (χ3v) is 3.56. The maximum Gasteiger partial charge on any atom is 0.123 e. The molecule has 0 spiro atoms. The molecule has 3 heteroatoms. The molecule has 0 aromatic heterocycles. The fraction of sp³-hybridized carbons (Fsp3) is 1.00. The predicted molar refractivity (Wildman–Crippen MR) is 49.8 cm³/mol. The molecule has 9 heavy (non-hydrogen) atoms. The molecule has 0 radical (unpaired) electrons. The maximum atomic E-state index is 2.41. The van der Waals surface area contributed by atoms with Crippen molar-refractivity contribution in [3.63, 3.8) is 0 Å². The van der Waals surface area contributed by atoms with Gasteiger partial charge >= 0.3 is 0 Å². The second-order valence-corrected chi connectivity index (χ2v) is 4.74. The van der Waals surface area contributed by atoms with Crippen LogP contribution in [-0.2, 0) is 0 Å². The van der Waals surface area contributed by atoms with Gasteiger partial charge in [0.05, 0.1) is 0 Å². The zero-order valence-electron chi connectivity index (χ0n) is 6.77. The molecule has 0 rings (SSSR count).